The van der Waals surface area contributed by atoms with Crippen molar-refractivity contribution >= 4 is 0 Å². The molecule has 0 amide bonds. The van der Waals surface area contributed by atoms with Crippen molar-refractivity contribution in [2.75, 3.05) is 20.3 Å². The highest BCUT2D eigenvalue weighted by Crippen LogP contribution is 2.28. The minimum absolute atomic E-state index is 0. The fraction of sp³-hybridized carbons (Fsp3) is 1.00. The van der Waals surface area contributed by atoms with Crippen molar-refractivity contribution in [3.63, 3.8) is 0 Å². The van der Waals surface area contributed by atoms with Gasteiger partial charge in [0.25, 0.3) is 0 Å². The van der Waals surface area contributed by atoms with Gasteiger partial charge in [-0.15, -0.1) is 0 Å². The molecule has 2 heterocycles. The van der Waals surface area contributed by atoms with Gasteiger partial charge in [0.1, 0.15) is 48.8 Å². The Hall–Kier alpha value is -0.440. The largest absolute Gasteiger partial charge is 0.394 e. The van der Waals surface area contributed by atoms with Crippen LogP contribution in [0.1, 0.15) is 14.9 Å². The van der Waals surface area contributed by atoms with E-state index >= 15 is 0 Å². The third-order valence-electron chi connectivity index (χ3n) is 4.13. The molecule has 2 aliphatic heterocycles. The molecule has 0 saturated carbocycles. The Morgan fingerprint density at radius 3 is 1.92 bits per heavy atom. The number of aliphatic hydroxyl groups excluding tert-OH is 7. The van der Waals surface area contributed by atoms with Gasteiger partial charge in [-0.1, -0.05) is 14.9 Å². The second kappa shape index (κ2) is 10.8. The van der Waals surface area contributed by atoms with E-state index in [0.717, 1.165) is 0 Å². The molecular weight excluding hydrogens is 356 g/mol. The van der Waals surface area contributed by atoms with Gasteiger partial charge < -0.3 is 54.7 Å². The Kier molecular flexibility index (Phi) is 10.6. The molecule has 158 valence electrons. The molecule has 0 aromatic rings. The first kappa shape index (κ1) is 25.6. The summed E-state index contributed by atoms with van der Waals surface area (Å²) in [6, 6.07) is 0. The standard InChI is InChI=1S/C13H24O11.2CH4/c1-21-3-5-11(8(17)9(18)12(20)22-5)24-13-10(19)7(16)6(15)4(2-14)23-13;;/h4-20H,2-3H2,1H3;2*1H4. The molecule has 0 spiro atoms. The summed E-state index contributed by atoms with van der Waals surface area (Å²) in [5.74, 6) is 0. The lowest BCUT2D eigenvalue weighted by atomic mass is 9.97. The number of hydrogen-bond acceptors (Lipinski definition) is 11. The van der Waals surface area contributed by atoms with Gasteiger partial charge in [-0.3, -0.25) is 0 Å². The average molecular weight is 388 g/mol. The van der Waals surface area contributed by atoms with Crippen molar-refractivity contribution in [3.8, 4) is 0 Å². The smallest absolute Gasteiger partial charge is 0.187 e. The third kappa shape index (κ3) is 5.09. The molecule has 2 aliphatic rings. The highest BCUT2D eigenvalue weighted by atomic mass is 16.7. The van der Waals surface area contributed by atoms with Crippen LogP contribution in [0, 0.1) is 0 Å². The van der Waals surface area contributed by atoms with E-state index in [1.54, 1.807) is 0 Å². The molecule has 2 rings (SSSR count). The van der Waals surface area contributed by atoms with E-state index in [0.29, 0.717) is 0 Å². The quantitative estimate of drug-likeness (QED) is 0.249. The van der Waals surface area contributed by atoms with E-state index in [1.165, 1.54) is 7.11 Å². The van der Waals surface area contributed by atoms with E-state index in [9.17, 15) is 30.6 Å². The zero-order valence-corrected chi connectivity index (χ0v) is 13.0. The Morgan fingerprint density at radius 2 is 1.38 bits per heavy atom. The Bertz CT molecular complexity index is 396. The van der Waals surface area contributed by atoms with Crippen LogP contribution in [0.15, 0.2) is 0 Å². The van der Waals surface area contributed by atoms with Gasteiger partial charge in [0.2, 0.25) is 0 Å². The summed E-state index contributed by atoms with van der Waals surface area (Å²) in [4.78, 5) is 0. The summed E-state index contributed by atoms with van der Waals surface area (Å²) in [5.41, 5.74) is 0. The lowest BCUT2D eigenvalue weighted by Gasteiger charge is -2.45. The maximum atomic E-state index is 10.1. The van der Waals surface area contributed by atoms with Crippen LogP contribution in [-0.2, 0) is 18.9 Å². The summed E-state index contributed by atoms with van der Waals surface area (Å²) >= 11 is 0. The third-order valence-corrected chi connectivity index (χ3v) is 4.13. The number of ether oxygens (including phenoxy) is 4. The van der Waals surface area contributed by atoms with E-state index in [4.69, 9.17) is 24.1 Å². The summed E-state index contributed by atoms with van der Waals surface area (Å²) < 4.78 is 20.6. The topological polar surface area (TPSA) is 179 Å². The SMILES string of the molecule is C.C.COCC1OC(O)C(O)C(O)C1OC1OC(CO)C(O)C(O)C1O. The summed E-state index contributed by atoms with van der Waals surface area (Å²) in [7, 11) is 1.35. The van der Waals surface area contributed by atoms with Crippen LogP contribution >= 0.6 is 0 Å². The summed E-state index contributed by atoms with van der Waals surface area (Å²) in [6.07, 6.45) is -14.8. The first-order valence-electron chi connectivity index (χ1n) is 7.46. The summed E-state index contributed by atoms with van der Waals surface area (Å²) in [6.45, 7) is -0.750. The Labute approximate surface area is 152 Å². The van der Waals surface area contributed by atoms with Gasteiger partial charge >= 0.3 is 0 Å². The van der Waals surface area contributed by atoms with Gasteiger partial charge in [-0.2, -0.15) is 0 Å². The van der Waals surface area contributed by atoms with Crippen LogP contribution in [0.5, 0.6) is 0 Å². The molecule has 10 unspecified atom stereocenters. The van der Waals surface area contributed by atoms with Crippen molar-refractivity contribution in [3.05, 3.63) is 0 Å². The van der Waals surface area contributed by atoms with E-state index in [1.807, 2.05) is 0 Å². The second-order valence-electron chi connectivity index (χ2n) is 5.80. The van der Waals surface area contributed by atoms with Crippen molar-refractivity contribution in [1.29, 1.82) is 0 Å². The molecule has 0 aromatic heterocycles. The van der Waals surface area contributed by atoms with Gasteiger partial charge in [0.15, 0.2) is 12.6 Å². The first-order chi connectivity index (χ1) is 11.3. The molecule has 11 nitrogen and oxygen atoms in total. The van der Waals surface area contributed by atoms with Crippen molar-refractivity contribution < 1.29 is 54.7 Å². The molecule has 26 heavy (non-hydrogen) atoms. The Balaban J connectivity index is 0.00000312. The fourth-order valence-electron chi connectivity index (χ4n) is 2.72. The van der Waals surface area contributed by atoms with Crippen LogP contribution < -0.4 is 0 Å². The molecule has 11 heteroatoms. The normalized spacial score (nSPS) is 46.2. The van der Waals surface area contributed by atoms with Crippen molar-refractivity contribution in [2.45, 2.75) is 76.3 Å². The molecule has 2 fully saturated rings. The fourth-order valence-corrected chi connectivity index (χ4v) is 2.72. The highest BCUT2D eigenvalue weighted by Gasteiger charge is 2.50. The maximum absolute atomic E-state index is 10.1. The number of rotatable bonds is 5. The molecule has 7 N–H and O–H groups in total. The molecule has 10 atom stereocenters. The lowest BCUT2D eigenvalue weighted by molar-refractivity contribution is -0.355. The van der Waals surface area contributed by atoms with Crippen LogP contribution in [0.25, 0.3) is 0 Å². The lowest BCUT2D eigenvalue weighted by Crippen LogP contribution is -2.64. The van der Waals surface area contributed by atoms with Gasteiger partial charge in [0.05, 0.1) is 13.2 Å². The molecular formula is C15H32O11. The van der Waals surface area contributed by atoms with Gasteiger partial charge in [0, 0.05) is 7.11 Å². The Morgan fingerprint density at radius 1 is 0.769 bits per heavy atom. The van der Waals surface area contributed by atoms with Crippen LogP contribution in [-0.4, -0.2) is 117 Å². The number of aliphatic hydroxyl groups is 7. The van der Waals surface area contributed by atoms with Crippen LogP contribution in [0.3, 0.4) is 0 Å². The summed E-state index contributed by atoms with van der Waals surface area (Å²) in [5, 5.41) is 67.9. The molecule has 2 saturated heterocycles. The zero-order chi connectivity index (χ0) is 18.0. The highest BCUT2D eigenvalue weighted by molar-refractivity contribution is 4.93. The minimum atomic E-state index is -1.68. The van der Waals surface area contributed by atoms with Gasteiger partial charge in [-0.25, -0.2) is 0 Å². The number of methoxy groups -OCH3 is 1. The van der Waals surface area contributed by atoms with Crippen molar-refractivity contribution in [2.24, 2.45) is 0 Å². The monoisotopic (exact) mass is 388 g/mol. The minimum Gasteiger partial charge on any atom is -0.394 e. The van der Waals surface area contributed by atoms with E-state index in [-0.39, 0.29) is 21.5 Å². The predicted octanol–water partition coefficient (Wildman–Crippen LogP) is -3.47. The van der Waals surface area contributed by atoms with Crippen LogP contribution in [0.4, 0.5) is 0 Å². The van der Waals surface area contributed by atoms with Crippen LogP contribution in [0.2, 0.25) is 0 Å². The molecule has 0 radical (unpaired) electrons. The number of hydrogen-bond donors (Lipinski definition) is 7. The average Bonchev–Trinajstić information content (AvgIpc) is 2.56. The maximum Gasteiger partial charge on any atom is 0.187 e. The second-order valence-corrected chi connectivity index (χ2v) is 5.80. The molecule has 0 aliphatic carbocycles. The van der Waals surface area contributed by atoms with Crippen molar-refractivity contribution in [1.82, 2.24) is 0 Å². The molecule has 0 aromatic carbocycles. The zero-order valence-electron chi connectivity index (χ0n) is 13.0. The van der Waals surface area contributed by atoms with E-state index in [2.05, 4.69) is 0 Å². The van der Waals surface area contributed by atoms with Gasteiger partial charge in [-0.05, 0) is 0 Å². The molecule has 0 bridgehead atoms. The van der Waals surface area contributed by atoms with E-state index < -0.39 is 68.0 Å². The predicted molar refractivity (Wildman–Crippen MR) is 86.9 cm³/mol. The first-order valence-corrected chi connectivity index (χ1v) is 7.46.